The van der Waals surface area contributed by atoms with Gasteiger partial charge in [0.25, 0.3) is 0 Å². The summed E-state index contributed by atoms with van der Waals surface area (Å²) in [6, 6.07) is 8.32. The predicted molar refractivity (Wildman–Crippen MR) is 96.5 cm³/mol. The lowest BCUT2D eigenvalue weighted by Gasteiger charge is -2.21. The van der Waals surface area contributed by atoms with Crippen molar-refractivity contribution in [3.05, 3.63) is 30.5 Å². The Morgan fingerprint density at radius 1 is 1.04 bits per heavy atom. The molecule has 0 amide bonds. The highest BCUT2D eigenvalue weighted by atomic mass is 15.3. The van der Waals surface area contributed by atoms with Crippen LogP contribution < -0.4 is 15.5 Å². The smallest absolute Gasteiger partial charge is 0.245 e. The summed E-state index contributed by atoms with van der Waals surface area (Å²) in [5.41, 5.74) is 2.09. The molecule has 1 aromatic carbocycles. The molecule has 0 radical (unpaired) electrons. The highest BCUT2D eigenvalue weighted by molar-refractivity contribution is 5.60. The fraction of sp³-hybridized carbons (Fsp3) is 0.471. The number of hydrogen-bond donors (Lipinski definition) is 2. The lowest BCUT2D eigenvalue weighted by Crippen LogP contribution is -2.27. The summed E-state index contributed by atoms with van der Waals surface area (Å²) < 4.78 is 0. The van der Waals surface area contributed by atoms with Crippen molar-refractivity contribution in [2.24, 2.45) is 0 Å². The maximum absolute atomic E-state index is 4.44. The molecule has 6 heteroatoms. The molecule has 0 spiro atoms. The Bertz CT molecular complexity index is 614. The first-order chi connectivity index (χ1) is 10.9. The zero-order valence-electron chi connectivity index (χ0n) is 14.6. The topological polar surface area (TPSA) is 66.0 Å². The second-order valence-corrected chi connectivity index (χ2v) is 6.38. The van der Waals surface area contributed by atoms with Gasteiger partial charge in [0.15, 0.2) is 5.82 Å². The Morgan fingerprint density at radius 2 is 1.70 bits per heavy atom. The first-order valence-electron chi connectivity index (χ1n) is 8.01. The van der Waals surface area contributed by atoms with Crippen molar-refractivity contribution in [2.75, 3.05) is 28.6 Å². The molecule has 0 saturated heterocycles. The van der Waals surface area contributed by atoms with Crippen LogP contribution in [0.3, 0.4) is 0 Å². The van der Waals surface area contributed by atoms with Crippen molar-refractivity contribution in [1.29, 1.82) is 0 Å². The molecule has 0 unspecified atom stereocenters. The predicted octanol–water partition coefficient (Wildman–Crippen LogP) is 3.67. The summed E-state index contributed by atoms with van der Waals surface area (Å²) in [5.74, 6) is 1.18. The van der Waals surface area contributed by atoms with Gasteiger partial charge in [-0.1, -0.05) is 0 Å². The molecular formula is C17H26N6. The first-order valence-corrected chi connectivity index (χ1v) is 8.01. The van der Waals surface area contributed by atoms with E-state index in [0.29, 0.717) is 11.8 Å². The van der Waals surface area contributed by atoms with Gasteiger partial charge < -0.3 is 15.5 Å². The van der Waals surface area contributed by atoms with Gasteiger partial charge in [0, 0.05) is 30.0 Å². The molecule has 6 nitrogen and oxygen atoms in total. The van der Waals surface area contributed by atoms with Crippen LogP contribution in [-0.4, -0.2) is 33.8 Å². The highest BCUT2D eigenvalue weighted by Crippen LogP contribution is 2.20. The van der Waals surface area contributed by atoms with Gasteiger partial charge in [0.2, 0.25) is 5.95 Å². The van der Waals surface area contributed by atoms with Crippen molar-refractivity contribution in [3.63, 3.8) is 0 Å². The molecule has 23 heavy (non-hydrogen) atoms. The minimum absolute atomic E-state index is 0.105. The fourth-order valence-corrected chi connectivity index (χ4v) is 2.24. The molecule has 0 aliphatic heterocycles. The van der Waals surface area contributed by atoms with Crippen LogP contribution in [0.25, 0.3) is 0 Å². The minimum Gasteiger partial charge on any atom is -0.372 e. The van der Waals surface area contributed by atoms with E-state index in [1.54, 1.807) is 6.20 Å². The molecule has 0 atom stereocenters. The molecule has 2 N–H and O–H groups in total. The Hall–Kier alpha value is -2.37. The van der Waals surface area contributed by atoms with Crippen LogP contribution in [0.2, 0.25) is 0 Å². The van der Waals surface area contributed by atoms with Crippen LogP contribution in [0, 0.1) is 0 Å². The third-order valence-corrected chi connectivity index (χ3v) is 3.31. The van der Waals surface area contributed by atoms with Gasteiger partial charge in [-0.2, -0.15) is 10.1 Å². The minimum atomic E-state index is -0.105. The van der Waals surface area contributed by atoms with E-state index in [4.69, 9.17) is 0 Å². The van der Waals surface area contributed by atoms with Crippen molar-refractivity contribution in [3.8, 4) is 0 Å². The SMILES string of the molecule is CCN(CC)c1ccc(Nc2cnnc(NC(C)(C)C)n2)cc1. The molecule has 0 fully saturated rings. The Labute approximate surface area is 138 Å². The van der Waals surface area contributed by atoms with Gasteiger partial charge in [-0.25, -0.2) is 0 Å². The standard InChI is InChI=1S/C17H26N6/c1-6-23(7-2)14-10-8-13(9-11-14)19-15-12-18-22-16(20-15)21-17(3,4)5/h8-12H,6-7H2,1-5H3,(H2,19,20,21,22). The molecule has 124 valence electrons. The first kappa shape index (κ1) is 17.0. The lowest BCUT2D eigenvalue weighted by atomic mass is 10.1. The number of rotatable bonds is 6. The number of hydrogen-bond acceptors (Lipinski definition) is 6. The summed E-state index contributed by atoms with van der Waals surface area (Å²) in [6.45, 7) is 12.5. The molecule has 0 aliphatic carbocycles. The fourth-order valence-electron chi connectivity index (χ4n) is 2.24. The van der Waals surface area contributed by atoms with E-state index < -0.39 is 0 Å². The van der Waals surface area contributed by atoms with Crippen LogP contribution in [0.4, 0.5) is 23.1 Å². The monoisotopic (exact) mass is 314 g/mol. The van der Waals surface area contributed by atoms with E-state index in [1.165, 1.54) is 5.69 Å². The Morgan fingerprint density at radius 3 is 2.26 bits per heavy atom. The maximum Gasteiger partial charge on any atom is 0.245 e. The third kappa shape index (κ3) is 5.09. The van der Waals surface area contributed by atoms with Gasteiger partial charge in [-0.3, -0.25) is 0 Å². The summed E-state index contributed by atoms with van der Waals surface area (Å²) in [7, 11) is 0. The summed E-state index contributed by atoms with van der Waals surface area (Å²) in [5, 5.41) is 14.5. The second kappa shape index (κ2) is 7.26. The van der Waals surface area contributed by atoms with E-state index in [2.05, 4.69) is 77.5 Å². The van der Waals surface area contributed by atoms with Crippen molar-refractivity contribution in [1.82, 2.24) is 15.2 Å². The van der Waals surface area contributed by atoms with Crippen LogP contribution in [0.5, 0.6) is 0 Å². The van der Waals surface area contributed by atoms with Gasteiger partial charge in [-0.15, -0.1) is 5.10 Å². The normalized spacial score (nSPS) is 11.2. The zero-order valence-corrected chi connectivity index (χ0v) is 14.6. The lowest BCUT2D eigenvalue weighted by molar-refractivity contribution is 0.623. The molecule has 2 rings (SSSR count). The average Bonchev–Trinajstić information content (AvgIpc) is 2.49. The van der Waals surface area contributed by atoms with Crippen molar-refractivity contribution >= 4 is 23.1 Å². The van der Waals surface area contributed by atoms with Gasteiger partial charge in [0.1, 0.15) is 0 Å². The Balaban J connectivity index is 2.09. The van der Waals surface area contributed by atoms with Crippen LogP contribution in [0.15, 0.2) is 30.5 Å². The summed E-state index contributed by atoms with van der Waals surface area (Å²) in [6.07, 6.45) is 1.62. The van der Waals surface area contributed by atoms with E-state index in [-0.39, 0.29) is 5.54 Å². The quantitative estimate of drug-likeness (QED) is 0.848. The van der Waals surface area contributed by atoms with Crippen LogP contribution in [0.1, 0.15) is 34.6 Å². The van der Waals surface area contributed by atoms with Crippen molar-refractivity contribution in [2.45, 2.75) is 40.2 Å². The number of benzene rings is 1. The summed E-state index contributed by atoms with van der Waals surface area (Å²) in [4.78, 5) is 6.74. The highest BCUT2D eigenvalue weighted by Gasteiger charge is 2.12. The molecule has 0 saturated carbocycles. The number of aromatic nitrogens is 3. The van der Waals surface area contributed by atoms with Gasteiger partial charge in [0.05, 0.1) is 6.20 Å². The Kier molecular flexibility index (Phi) is 5.36. The van der Waals surface area contributed by atoms with Crippen LogP contribution >= 0.6 is 0 Å². The molecule has 1 aromatic heterocycles. The molecule has 0 aliphatic rings. The molecule has 0 bridgehead atoms. The number of nitrogens with one attached hydrogen (secondary N) is 2. The van der Waals surface area contributed by atoms with E-state index in [0.717, 1.165) is 18.8 Å². The van der Waals surface area contributed by atoms with Gasteiger partial charge in [-0.05, 0) is 58.9 Å². The molecular weight excluding hydrogens is 288 g/mol. The van der Waals surface area contributed by atoms with E-state index in [9.17, 15) is 0 Å². The number of anilines is 4. The summed E-state index contributed by atoms with van der Waals surface area (Å²) >= 11 is 0. The number of nitrogens with zero attached hydrogens (tertiary/aromatic N) is 4. The average molecular weight is 314 g/mol. The van der Waals surface area contributed by atoms with Crippen molar-refractivity contribution < 1.29 is 0 Å². The van der Waals surface area contributed by atoms with E-state index >= 15 is 0 Å². The van der Waals surface area contributed by atoms with E-state index in [1.807, 2.05) is 12.1 Å². The largest absolute Gasteiger partial charge is 0.372 e. The second-order valence-electron chi connectivity index (χ2n) is 6.38. The zero-order chi connectivity index (χ0) is 16.9. The third-order valence-electron chi connectivity index (χ3n) is 3.31. The molecule has 2 aromatic rings. The maximum atomic E-state index is 4.44. The molecule has 1 heterocycles. The van der Waals surface area contributed by atoms with Gasteiger partial charge >= 0.3 is 0 Å². The van der Waals surface area contributed by atoms with Crippen LogP contribution in [-0.2, 0) is 0 Å².